The van der Waals surface area contributed by atoms with Gasteiger partial charge in [0.25, 0.3) is 0 Å². The molecule has 1 aliphatic heterocycles. The minimum Gasteiger partial charge on any atom is -0.506 e. The normalized spacial score (nSPS) is 21.6. The number of nitrogens with zero attached hydrogens (tertiary/aromatic N) is 1. The average Bonchev–Trinajstić information content (AvgIpc) is 2.91. The lowest BCUT2D eigenvalue weighted by Crippen LogP contribution is -2.38. The number of aromatic nitrogens is 1. The topological polar surface area (TPSA) is 118 Å². The summed E-state index contributed by atoms with van der Waals surface area (Å²) in [6.45, 7) is 4.87. The van der Waals surface area contributed by atoms with Crippen molar-refractivity contribution >= 4 is 16.8 Å². The molecule has 1 atom stereocenters. The van der Waals surface area contributed by atoms with Gasteiger partial charge in [-0.3, -0.25) is 9.59 Å². The van der Waals surface area contributed by atoms with Crippen molar-refractivity contribution < 1.29 is 15.0 Å². The molecule has 1 aliphatic carbocycles. The quantitative estimate of drug-likeness (QED) is 0.278. The van der Waals surface area contributed by atoms with E-state index in [1.165, 1.54) is 70.3 Å². The van der Waals surface area contributed by atoms with Crippen LogP contribution in [0.5, 0.6) is 5.75 Å². The minimum absolute atomic E-state index is 0.0178. The van der Waals surface area contributed by atoms with E-state index in [0.717, 1.165) is 31.6 Å². The number of aromatic amines is 1. The molecule has 4 rings (SSSR count). The molecule has 0 spiro atoms. The Morgan fingerprint density at radius 2 is 1.84 bits per heavy atom. The van der Waals surface area contributed by atoms with E-state index < -0.39 is 6.10 Å². The summed E-state index contributed by atoms with van der Waals surface area (Å²) in [6.07, 6.45) is 11.5. The van der Waals surface area contributed by atoms with Gasteiger partial charge in [-0.25, -0.2) is 0 Å². The van der Waals surface area contributed by atoms with Gasteiger partial charge in [-0.1, -0.05) is 12.5 Å². The molecule has 2 fully saturated rings. The van der Waals surface area contributed by atoms with Crippen LogP contribution >= 0.6 is 0 Å². The van der Waals surface area contributed by atoms with Crippen molar-refractivity contribution in [2.24, 2.45) is 5.92 Å². The number of phenols is 1. The lowest BCUT2D eigenvalue weighted by atomic mass is 9.84. The van der Waals surface area contributed by atoms with Crippen LogP contribution in [0.15, 0.2) is 29.1 Å². The summed E-state index contributed by atoms with van der Waals surface area (Å²) in [6, 6.07) is 6.50. The Bertz CT molecular complexity index is 1060. The van der Waals surface area contributed by atoms with Gasteiger partial charge in [0, 0.05) is 30.5 Å². The van der Waals surface area contributed by atoms with Crippen molar-refractivity contribution in [2.75, 3.05) is 32.7 Å². The smallest absolute Gasteiger partial charge is 0.248 e. The molecule has 8 heteroatoms. The number of hydrogen-bond acceptors (Lipinski definition) is 6. The monoisotopic (exact) mass is 512 g/mol. The van der Waals surface area contributed by atoms with Crippen LogP contribution in [0.4, 0.5) is 0 Å². The van der Waals surface area contributed by atoms with Gasteiger partial charge in [-0.2, -0.15) is 0 Å². The molecule has 2 aliphatic rings. The van der Waals surface area contributed by atoms with Crippen LogP contribution in [0, 0.1) is 5.92 Å². The van der Waals surface area contributed by atoms with E-state index in [2.05, 4.69) is 20.5 Å². The van der Waals surface area contributed by atoms with Gasteiger partial charge in [0.2, 0.25) is 11.5 Å². The van der Waals surface area contributed by atoms with E-state index in [1.807, 2.05) is 0 Å². The fraction of sp³-hybridized carbons (Fsp3) is 0.655. The van der Waals surface area contributed by atoms with E-state index in [-0.39, 0.29) is 17.2 Å². The number of rotatable bonds is 12. The molecule has 204 valence electrons. The van der Waals surface area contributed by atoms with E-state index in [1.54, 1.807) is 12.1 Å². The molecule has 2 aromatic rings. The Balaban J connectivity index is 1.06. The summed E-state index contributed by atoms with van der Waals surface area (Å²) in [4.78, 5) is 29.2. The summed E-state index contributed by atoms with van der Waals surface area (Å²) >= 11 is 0. The number of aromatic hydroxyl groups is 1. The number of carbonyl (C=O) groups excluding carboxylic acids is 1. The van der Waals surface area contributed by atoms with Crippen LogP contribution < -0.4 is 16.2 Å². The number of nitrogens with one attached hydrogen (secondary N) is 3. The zero-order chi connectivity index (χ0) is 26.0. The fourth-order valence-electron chi connectivity index (χ4n) is 5.88. The highest BCUT2D eigenvalue weighted by atomic mass is 16.3. The van der Waals surface area contributed by atoms with Gasteiger partial charge < -0.3 is 30.7 Å². The third-order valence-electron chi connectivity index (χ3n) is 8.13. The fourth-order valence-corrected chi connectivity index (χ4v) is 5.88. The molecule has 1 aromatic heterocycles. The number of fused-ring (bicyclic) bond motifs is 1. The lowest BCUT2D eigenvalue weighted by Gasteiger charge is -2.32. The summed E-state index contributed by atoms with van der Waals surface area (Å²) in [7, 11) is 0. The van der Waals surface area contributed by atoms with Crippen molar-refractivity contribution in [2.45, 2.75) is 82.8 Å². The van der Waals surface area contributed by atoms with E-state index in [9.17, 15) is 19.8 Å². The summed E-state index contributed by atoms with van der Waals surface area (Å²) in [5, 5.41) is 27.7. The van der Waals surface area contributed by atoms with Crippen molar-refractivity contribution in [1.82, 2.24) is 20.5 Å². The zero-order valence-corrected chi connectivity index (χ0v) is 22.0. The van der Waals surface area contributed by atoms with Crippen LogP contribution in [0.2, 0.25) is 0 Å². The number of phenolic OH excluding ortho intramolecular Hbond substituents is 1. The molecule has 5 N–H and O–H groups in total. The molecular weight excluding hydrogens is 468 g/mol. The maximum Gasteiger partial charge on any atom is 0.248 e. The Morgan fingerprint density at radius 1 is 1.05 bits per heavy atom. The maximum atomic E-state index is 12.4. The Hall–Kier alpha value is -2.42. The summed E-state index contributed by atoms with van der Waals surface area (Å²) in [5.41, 5.74) is 0.686. The number of unbranched alkanes of at least 4 members (excludes halogenated alkanes) is 1. The van der Waals surface area contributed by atoms with Crippen molar-refractivity contribution in [3.05, 3.63) is 40.2 Å². The zero-order valence-electron chi connectivity index (χ0n) is 22.0. The number of pyridine rings is 1. The van der Waals surface area contributed by atoms with Gasteiger partial charge in [-0.05, 0) is 108 Å². The molecule has 0 radical (unpaired) electrons. The second-order valence-electron chi connectivity index (χ2n) is 10.9. The van der Waals surface area contributed by atoms with Crippen molar-refractivity contribution in [3.8, 4) is 5.75 Å². The Morgan fingerprint density at radius 3 is 2.62 bits per heavy atom. The number of aliphatic hydroxyl groups is 1. The second kappa shape index (κ2) is 13.9. The number of amides is 1. The number of hydrogen-bond donors (Lipinski definition) is 5. The summed E-state index contributed by atoms with van der Waals surface area (Å²) in [5.74, 6) is 0.954. The number of carbonyl (C=O) groups is 1. The van der Waals surface area contributed by atoms with E-state index >= 15 is 0 Å². The SMILES string of the molecule is O=C(CCCCNC[C@H](O)c1ccc(O)c2[nH]c(=O)ccc12)NC1CCC(CCN2CCCCC2)CC1. The third kappa shape index (κ3) is 8.28. The molecule has 37 heavy (non-hydrogen) atoms. The highest BCUT2D eigenvalue weighted by Crippen LogP contribution is 2.29. The van der Waals surface area contributed by atoms with Crippen LogP contribution in [-0.2, 0) is 4.79 Å². The maximum absolute atomic E-state index is 12.4. The van der Waals surface area contributed by atoms with Crippen LogP contribution in [0.1, 0.15) is 82.3 Å². The Kier molecular flexibility index (Phi) is 10.4. The molecule has 1 saturated heterocycles. The molecule has 2 heterocycles. The Labute approximate surface area is 219 Å². The first-order valence-electron chi connectivity index (χ1n) is 14.2. The predicted molar refractivity (Wildman–Crippen MR) is 147 cm³/mol. The van der Waals surface area contributed by atoms with Gasteiger partial charge in [0.05, 0.1) is 11.6 Å². The highest BCUT2D eigenvalue weighted by molar-refractivity contribution is 5.87. The van der Waals surface area contributed by atoms with Crippen LogP contribution in [-0.4, -0.2) is 64.8 Å². The lowest BCUT2D eigenvalue weighted by molar-refractivity contribution is -0.122. The molecule has 1 saturated carbocycles. The van der Waals surface area contributed by atoms with Crippen molar-refractivity contribution in [3.63, 3.8) is 0 Å². The number of likely N-dealkylation sites (tertiary alicyclic amines) is 1. The molecular formula is C29H44N4O4. The third-order valence-corrected chi connectivity index (χ3v) is 8.13. The van der Waals surface area contributed by atoms with Gasteiger partial charge in [0.15, 0.2) is 0 Å². The first-order chi connectivity index (χ1) is 18.0. The minimum atomic E-state index is -0.771. The average molecular weight is 513 g/mol. The number of benzene rings is 1. The molecule has 1 amide bonds. The molecule has 8 nitrogen and oxygen atoms in total. The number of piperidine rings is 1. The summed E-state index contributed by atoms with van der Waals surface area (Å²) < 4.78 is 0. The first-order valence-corrected chi connectivity index (χ1v) is 14.2. The number of aliphatic hydroxyl groups excluding tert-OH is 1. The molecule has 0 bridgehead atoms. The van der Waals surface area contributed by atoms with Gasteiger partial charge in [-0.15, -0.1) is 0 Å². The second-order valence-corrected chi connectivity index (χ2v) is 10.9. The molecule has 0 unspecified atom stereocenters. The van der Waals surface area contributed by atoms with E-state index in [0.29, 0.717) is 42.0 Å². The largest absolute Gasteiger partial charge is 0.506 e. The number of H-pyrrole nitrogens is 1. The van der Waals surface area contributed by atoms with E-state index in [4.69, 9.17) is 0 Å². The highest BCUT2D eigenvalue weighted by Gasteiger charge is 2.23. The van der Waals surface area contributed by atoms with Crippen LogP contribution in [0.3, 0.4) is 0 Å². The molecule has 1 aromatic carbocycles. The first kappa shape index (κ1) is 27.6. The van der Waals surface area contributed by atoms with Gasteiger partial charge in [0.1, 0.15) is 5.75 Å². The standard InChI is InChI=1S/C29H44N4O4/c34-25-13-11-23(24-12-14-28(37)32-29(24)25)26(35)20-30-16-3-2-6-27(36)31-22-9-7-21(8-10-22)15-19-33-17-4-1-5-18-33/h11-14,21-22,26,30,34-35H,1-10,15-20H2,(H,31,36)(H,32,37)/t21?,22?,26-/m0/s1. The van der Waals surface area contributed by atoms with Crippen molar-refractivity contribution in [1.29, 1.82) is 0 Å². The predicted octanol–water partition coefficient (Wildman–Crippen LogP) is 3.58. The van der Waals surface area contributed by atoms with Crippen LogP contribution in [0.25, 0.3) is 10.9 Å². The van der Waals surface area contributed by atoms with Gasteiger partial charge >= 0.3 is 0 Å².